The van der Waals surface area contributed by atoms with Gasteiger partial charge < -0.3 is 10.2 Å². The number of anilines is 1. The van der Waals surface area contributed by atoms with E-state index < -0.39 is 0 Å². The molecule has 1 N–H and O–H groups in total. The van der Waals surface area contributed by atoms with Crippen LogP contribution in [0.1, 0.15) is 20.9 Å². The molecule has 2 amide bonds. The summed E-state index contributed by atoms with van der Waals surface area (Å²) in [4.78, 5) is 32.3. The number of likely N-dealkylation sites (N-methyl/N-ethyl adjacent to an activating group) is 1. The molecule has 4 aromatic rings. The summed E-state index contributed by atoms with van der Waals surface area (Å²) in [5.41, 5.74) is 2.79. The second kappa shape index (κ2) is 8.08. The monoisotopic (exact) mass is 419 g/mol. The van der Waals surface area contributed by atoms with E-state index in [1.807, 2.05) is 61.0 Å². The minimum absolute atomic E-state index is 0.0630. The van der Waals surface area contributed by atoms with Gasteiger partial charge in [-0.1, -0.05) is 18.2 Å². The molecule has 3 heterocycles. The van der Waals surface area contributed by atoms with Gasteiger partial charge in [0.25, 0.3) is 5.91 Å². The molecule has 0 spiro atoms. The van der Waals surface area contributed by atoms with E-state index in [-0.39, 0.29) is 18.4 Å². The summed E-state index contributed by atoms with van der Waals surface area (Å²) < 4.78 is 1.85. The molecule has 152 valence electrons. The molecule has 0 saturated heterocycles. The van der Waals surface area contributed by atoms with E-state index in [2.05, 4.69) is 15.4 Å². The highest BCUT2D eigenvalue weighted by Gasteiger charge is 2.21. The number of hydrogen-bond acceptors (Lipinski definition) is 5. The molecule has 30 heavy (non-hydrogen) atoms. The van der Waals surface area contributed by atoms with Crippen LogP contribution in [0.3, 0.4) is 0 Å². The summed E-state index contributed by atoms with van der Waals surface area (Å²) in [7, 11) is 1.62. The molecule has 0 aliphatic heterocycles. The Morgan fingerprint density at radius 2 is 1.90 bits per heavy atom. The number of carbonyl (C=O) groups is 2. The van der Waals surface area contributed by atoms with Crippen molar-refractivity contribution in [2.75, 3.05) is 18.9 Å². The molecule has 0 unspecified atom stereocenters. The van der Waals surface area contributed by atoms with Crippen LogP contribution in [0.2, 0.25) is 0 Å². The Morgan fingerprint density at radius 3 is 2.63 bits per heavy atom. The molecule has 3 aromatic heterocycles. The van der Waals surface area contributed by atoms with Crippen LogP contribution in [0.25, 0.3) is 15.9 Å². The van der Waals surface area contributed by atoms with Gasteiger partial charge in [0.2, 0.25) is 5.91 Å². The third-order valence-corrected chi connectivity index (χ3v) is 5.77. The Balaban J connectivity index is 1.52. The summed E-state index contributed by atoms with van der Waals surface area (Å²) in [6.07, 6.45) is 1.63. The first-order valence-electron chi connectivity index (χ1n) is 9.45. The number of nitrogens with one attached hydrogen (secondary N) is 1. The summed E-state index contributed by atoms with van der Waals surface area (Å²) in [5.74, 6) is -0.0273. The number of rotatable bonds is 5. The number of carbonyl (C=O) groups excluding carboxylic acids is 2. The van der Waals surface area contributed by atoms with Gasteiger partial charge in [-0.2, -0.15) is 5.10 Å². The Labute approximate surface area is 178 Å². The van der Waals surface area contributed by atoms with Crippen molar-refractivity contribution in [1.82, 2.24) is 19.7 Å². The number of fused-ring (bicyclic) bond motifs is 1. The highest BCUT2D eigenvalue weighted by atomic mass is 32.1. The number of benzene rings is 1. The molecule has 0 atom stereocenters. The molecule has 1 aromatic carbocycles. The average molecular weight is 420 g/mol. The Kier molecular flexibility index (Phi) is 5.33. The molecule has 0 aliphatic carbocycles. The van der Waals surface area contributed by atoms with Crippen molar-refractivity contribution in [3.05, 3.63) is 70.9 Å². The minimum atomic E-state index is -0.295. The van der Waals surface area contributed by atoms with Crippen molar-refractivity contribution in [3.8, 4) is 5.69 Å². The number of nitrogens with zero attached hydrogens (tertiary/aromatic N) is 4. The van der Waals surface area contributed by atoms with E-state index in [9.17, 15) is 9.59 Å². The number of aromatic nitrogens is 3. The molecule has 4 rings (SSSR count). The second-order valence-electron chi connectivity index (χ2n) is 7.09. The zero-order valence-electron chi connectivity index (χ0n) is 16.9. The lowest BCUT2D eigenvalue weighted by Crippen LogP contribution is -2.34. The average Bonchev–Trinajstić information content (AvgIpc) is 3.28. The van der Waals surface area contributed by atoms with E-state index in [1.165, 1.54) is 16.2 Å². The number of pyridine rings is 1. The molecule has 8 heteroatoms. The standard InChI is InChI=1S/C22H21N5O2S/c1-14-9-10-23-19(11-14)24-20(28)13-26(3)21(29)18-12-17-15(2)25-27(22(17)30-18)16-7-5-4-6-8-16/h4-12H,13H2,1-3H3,(H,23,24,28). The van der Waals surface area contributed by atoms with Gasteiger partial charge in [0.05, 0.1) is 22.8 Å². The van der Waals surface area contributed by atoms with Crippen molar-refractivity contribution >= 4 is 39.2 Å². The first-order chi connectivity index (χ1) is 14.4. The molecule has 0 fully saturated rings. The number of para-hydroxylation sites is 1. The second-order valence-corrected chi connectivity index (χ2v) is 8.12. The largest absolute Gasteiger partial charge is 0.332 e. The molecule has 0 aliphatic rings. The number of hydrogen-bond donors (Lipinski definition) is 1. The zero-order chi connectivity index (χ0) is 21.3. The van der Waals surface area contributed by atoms with E-state index in [1.54, 1.807) is 19.3 Å². The van der Waals surface area contributed by atoms with Gasteiger partial charge in [0.15, 0.2) is 0 Å². The first kappa shape index (κ1) is 19.8. The van der Waals surface area contributed by atoms with E-state index >= 15 is 0 Å². The van der Waals surface area contributed by atoms with Crippen LogP contribution in [0.15, 0.2) is 54.7 Å². The van der Waals surface area contributed by atoms with Crippen LogP contribution in [0, 0.1) is 13.8 Å². The number of amides is 2. The molecular weight excluding hydrogens is 398 g/mol. The fourth-order valence-electron chi connectivity index (χ4n) is 3.16. The normalized spacial score (nSPS) is 10.9. The Morgan fingerprint density at radius 1 is 1.13 bits per heavy atom. The topological polar surface area (TPSA) is 80.1 Å². The predicted octanol–water partition coefficient (Wildman–Crippen LogP) is 3.81. The summed E-state index contributed by atoms with van der Waals surface area (Å²) in [5, 5.41) is 8.26. The molecule has 0 saturated carbocycles. The first-order valence-corrected chi connectivity index (χ1v) is 10.3. The van der Waals surface area contributed by atoms with Crippen molar-refractivity contribution in [1.29, 1.82) is 0 Å². The predicted molar refractivity (Wildman–Crippen MR) is 118 cm³/mol. The Hall–Kier alpha value is -3.52. The fraction of sp³-hybridized carbons (Fsp3) is 0.182. The Bertz CT molecular complexity index is 1230. The van der Waals surface area contributed by atoms with Gasteiger partial charge in [-0.25, -0.2) is 9.67 Å². The maximum Gasteiger partial charge on any atom is 0.264 e. The van der Waals surface area contributed by atoms with Crippen molar-refractivity contribution in [3.63, 3.8) is 0 Å². The van der Waals surface area contributed by atoms with Gasteiger partial charge in [-0.15, -0.1) is 11.3 Å². The maximum absolute atomic E-state index is 12.9. The minimum Gasteiger partial charge on any atom is -0.332 e. The highest BCUT2D eigenvalue weighted by Crippen LogP contribution is 2.31. The van der Waals surface area contributed by atoms with Gasteiger partial charge in [0.1, 0.15) is 10.6 Å². The van der Waals surface area contributed by atoms with Crippen LogP contribution >= 0.6 is 11.3 Å². The van der Waals surface area contributed by atoms with Crippen LogP contribution in [-0.4, -0.2) is 45.1 Å². The molecular formula is C22H21N5O2S. The molecule has 7 nitrogen and oxygen atoms in total. The van der Waals surface area contributed by atoms with Gasteiger partial charge in [0, 0.05) is 18.6 Å². The lowest BCUT2D eigenvalue weighted by molar-refractivity contribution is -0.116. The van der Waals surface area contributed by atoms with Gasteiger partial charge in [-0.05, 0) is 49.7 Å². The summed E-state index contributed by atoms with van der Waals surface area (Å²) in [6.45, 7) is 3.79. The van der Waals surface area contributed by atoms with Crippen LogP contribution < -0.4 is 5.32 Å². The van der Waals surface area contributed by atoms with Gasteiger partial charge in [-0.3, -0.25) is 9.59 Å². The summed E-state index contributed by atoms with van der Waals surface area (Å²) in [6, 6.07) is 15.3. The van der Waals surface area contributed by atoms with E-state index in [4.69, 9.17) is 0 Å². The lowest BCUT2D eigenvalue weighted by atomic mass is 10.3. The van der Waals surface area contributed by atoms with Crippen LogP contribution in [-0.2, 0) is 4.79 Å². The summed E-state index contributed by atoms with van der Waals surface area (Å²) >= 11 is 1.37. The SMILES string of the molecule is Cc1ccnc(NC(=O)CN(C)C(=O)c2cc3c(C)nn(-c4ccccc4)c3s2)c1. The van der Waals surface area contributed by atoms with Crippen molar-refractivity contribution < 1.29 is 9.59 Å². The van der Waals surface area contributed by atoms with Crippen LogP contribution in [0.4, 0.5) is 5.82 Å². The molecule has 0 radical (unpaired) electrons. The number of thiophene rings is 1. The highest BCUT2D eigenvalue weighted by molar-refractivity contribution is 7.20. The fourth-order valence-corrected chi connectivity index (χ4v) is 4.34. The quantitative estimate of drug-likeness (QED) is 0.533. The third kappa shape index (κ3) is 3.95. The zero-order valence-corrected chi connectivity index (χ0v) is 17.7. The van der Waals surface area contributed by atoms with Gasteiger partial charge >= 0.3 is 0 Å². The smallest absolute Gasteiger partial charge is 0.264 e. The van der Waals surface area contributed by atoms with Crippen molar-refractivity contribution in [2.24, 2.45) is 0 Å². The van der Waals surface area contributed by atoms with Crippen LogP contribution in [0.5, 0.6) is 0 Å². The third-order valence-electron chi connectivity index (χ3n) is 4.67. The molecule has 0 bridgehead atoms. The number of aryl methyl sites for hydroxylation is 2. The van der Waals surface area contributed by atoms with Crippen molar-refractivity contribution in [2.45, 2.75) is 13.8 Å². The maximum atomic E-state index is 12.9. The lowest BCUT2D eigenvalue weighted by Gasteiger charge is -2.15. The van der Waals surface area contributed by atoms with E-state index in [0.29, 0.717) is 10.7 Å². The van der Waals surface area contributed by atoms with E-state index in [0.717, 1.165) is 27.2 Å².